The number of nitrogens with one attached hydrogen (secondary N) is 1. The van der Waals surface area contributed by atoms with E-state index < -0.39 is 0 Å². The number of benzene rings is 1. The summed E-state index contributed by atoms with van der Waals surface area (Å²) >= 11 is 3.52. The van der Waals surface area contributed by atoms with Crippen LogP contribution in [0.25, 0.3) is 0 Å². The third kappa shape index (κ3) is 2.77. The summed E-state index contributed by atoms with van der Waals surface area (Å²) in [6.45, 7) is 4.13. The van der Waals surface area contributed by atoms with Crippen molar-refractivity contribution in [3.8, 4) is 5.75 Å². The fraction of sp³-hybridized carbons (Fsp3) is 0.538. The minimum atomic E-state index is 0.452. The molecule has 1 aromatic carbocycles. The first-order valence-corrected chi connectivity index (χ1v) is 6.76. The molecule has 1 N–H and O–H groups in total. The van der Waals surface area contributed by atoms with Gasteiger partial charge in [-0.2, -0.15) is 0 Å². The van der Waals surface area contributed by atoms with E-state index in [2.05, 4.69) is 34.2 Å². The van der Waals surface area contributed by atoms with Gasteiger partial charge in [-0.25, -0.2) is 0 Å². The van der Waals surface area contributed by atoms with Crippen molar-refractivity contribution in [1.29, 1.82) is 0 Å². The third-order valence-electron chi connectivity index (χ3n) is 2.93. The lowest BCUT2D eigenvalue weighted by molar-refractivity contribution is 0.252. The first kappa shape index (κ1) is 11.9. The number of hydrogen-bond acceptors (Lipinski definition) is 2. The zero-order chi connectivity index (χ0) is 11.4. The van der Waals surface area contributed by atoms with Gasteiger partial charge in [0, 0.05) is 22.5 Å². The minimum Gasteiger partial charge on any atom is -0.493 e. The molecule has 2 nitrogen and oxygen atoms in total. The van der Waals surface area contributed by atoms with Crippen molar-refractivity contribution in [2.45, 2.75) is 32.2 Å². The third-order valence-corrected chi connectivity index (χ3v) is 3.43. The van der Waals surface area contributed by atoms with Crippen LogP contribution >= 0.6 is 15.9 Å². The highest BCUT2D eigenvalue weighted by molar-refractivity contribution is 9.10. The lowest BCUT2D eigenvalue weighted by atomic mass is 10.0. The molecule has 2 rings (SSSR count). The summed E-state index contributed by atoms with van der Waals surface area (Å²) in [5.74, 6) is 1.03. The van der Waals surface area contributed by atoms with Gasteiger partial charge in [-0.05, 0) is 31.2 Å². The molecule has 0 fully saturated rings. The summed E-state index contributed by atoms with van der Waals surface area (Å²) in [6, 6.07) is 6.70. The Balaban J connectivity index is 2.09. The van der Waals surface area contributed by atoms with Gasteiger partial charge in [0.25, 0.3) is 0 Å². The molecular weight excluding hydrogens is 266 g/mol. The molecule has 0 radical (unpaired) electrons. The van der Waals surface area contributed by atoms with Gasteiger partial charge in [0.1, 0.15) is 5.75 Å². The van der Waals surface area contributed by atoms with Crippen LogP contribution in [-0.2, 0) is 0 Å². The number of halogens is 1. The number of ether oxygens (including phenoxy) is 1. The van der Waals surface area contributed by atoms with Crippen molar-refractivity contribution in [2.24, 2.45) is 0 Å². The van der Waals surface area contributed by atoms with Crippen LogP contribution in [0.1, 0.15) is 37.8 Å². The van der Waals surface area contributed by atoms with Crippen molar-refractivity contribution in [1.82, 2.24) is 5.32 Å². The Morgan fingerprint density at radius 3 is 3.19 bits per heavy atom. The standard InChI is InChI=1S/C13H18BrNO/c1-2-3-7-15-12-6-8-16-13-5-4-10(14)9-11(12)13/h4-5,9,12,15H,2-3,6-8H2,1H3. The molecule has 88 valence electrons. The molecule has 0 amide bonds. The highest BCUT2D eigenvalue weighted by Gasteiger charge is 2.20. The molecule has 0 aliphatic carbocycles. The van der Waals surface area contributed by atoms with Gasteiger partial charge in [-0.1, -0.05) is 29.3 Å². The molecule has 0 saturated heterocycles. The average molecular weight is 284 g/mol. The lowest BCUT2D eigenvalue weighted by Crippen LogP contribution is -2.27. The maximum atomic E-state index is 5.65. The summed E-state index contributed by atoms with van der Waals surface area (Å²) in [6.07, 6.45) is 3.54. The Labute approximate surface area is 106 Å². The molecule has 1 atom stereocenters. The monoisotopic (exact) mass is 283 g/mol. The second-order valence-corrected chi connectivity index (χ2v) is 5.10. The van der Waals surface area contributed by atoms with Crippen molar-refractivity contribution in [2.75, 3.05) is 13.2 Å². The largest absolute Gasteiger partial charge is 0.493 e. The predicted octanol–water partition coefficient (Wildman–Crippen LogP) is 3.66. The molecule has 1 aliphatic heterocycles. The predicted molar refractivity (Wildman–Crippen MR) is 69.9 cm³/mol. The van der Waals surface area contributed by atoms with E-state index in [1.165, 1.54) is 18.4 Å². The Bertz CT molecular complexity index is 354. The second kappa shape index (κ2) is 5.69. The SMILES string of the molecule is CCCCNC1CCOc2ccc(Br)cc21. The summed E-state index contributed by atoms with van der Waals surface area (Å²) in [5, 5.41) is 3.61. The highest BCUT2D eigenvalue weighted by atomic mass is 79.9. The fourth-order valence-electron chi connectivity index (χ4n) is 2.03. The van der Waals surface area contributed by atoms with Crippen LogP contribution in [0.5, 0.6) is 5.75 Å². The molecule has 16 heavy (non-hydrogen) atoms. The van der Waals surface area contributed by atoms with Crippen LogP contribution in [0.15, 0.2) is 22.7 Å². The molecule has 0 saturated carbocycles. The Kier molecular flexibility index (Phi) is 4.24. The Morgan fingerprint density at radius 1 is 1.50 bits per heavy atom. The van der Waals surface area contributed by atoms with Crippen LogP contribution < -0.4 is 10.1 Å². The summed E-state index contributed by atoms with van der Waals surface area (Å²) in [7, 11) is 0. The molecule has 1 aromatic rings. The maximum Gasteiger partial charge on any atom is 0.124 e. The molecule has 1 aliphatic rings. The summed E-state index contributed by atoms with van der Waals surface area (Å²) < 4.78 is 6.78. The normalized spacial score (nSPS) is 19.0. The summed E-state index contributed by atoms with van der Waals surface area (Å²) in [4.78, 5) is 0. The van der Waals surface area contributed by atoms with Gasteiger partial charge in [0.15, 0.2) is 0 Å². The first-order valence-electron chi connectivity index (χ1n) is 5.97. The van der Waals surface area contributed by atoms with Gasteiger partial charge < -0.3 is 10.1 Å². The smallest absolute Gasteiger partial charge is 0.124 e. The van der Waals surface area contributed by atoms with Crippen molar-refractivity contribution >= 4 is 15.9 Å². The summed E-state index contributed by atoms with van der Waals surface area (Å²) in [5.41, 5.74) is 1.29. The molecule has 1 heterocycles. The minimum absolute atomic E-state index is 0.452. The molecule has 0 aromatic heterocycles. The van der Waals surface area contributed by atoms with Crippen LogP contribution in [-0.4, -0.2) is 13.2 Å². The van der Waals surface area contributed by atoms with Crippen LogP contribution in [0.3, 0.4) is 0 Å². The van der Waals surface area contributed by atoms with E-state index in [4.69, 9.17) is 4.74 Å². The van der Waals surface area contributed by atoms with Gasteiger partial charge in [-0.15, -0.1) is 0 Å². The van der Waals surface area contributed by atoms with E-state index >= 15 is 0 Å². The van der Waals surface area contributed by atoms with E-state index in [0.717, 1.165) is 29.8 Å². The van der Waals surface area contributed by atoms with E-state index in [9.17, 15) is 0 Å². The Morgan fingerprint density at radius 2 is 2.38 bits per heavy atom. The van der Waals surface area contributed by atoms with Crippen molar-refractivity contribution < 1.29 is 4.74 Å². The number of unbranched alkanes of at least 4 members (excludes halogenated alkanes) is 1. The maximum absolute atomic E-state index is 5.65. The number of rotatable bonds is 4. The van der Waals surface area contributed by atoms with Crippen molar-refractivity contribution in [3.05, 3.63) is 28.2 Å². The van der Waals surface area contributed by atoms with Crippen LogP contribution in [0.2, 0.25) is 0 Å². The topological polar surface area (TPSA) is 21.3 Å². The first-order chi connectivity index (χ1) is 7.81. The van der Waals surface area contributed by atoms with Gasteiger partial charge in [0.05, 0.1) is 6.61 Å². The molecule has 0 bridgehead atoms. The van der Waals surface area contributed by atoms with E-state index in [-0.39, 0.29) is 0 Å². The van der Waals surface area contributed by atoms with Crippen molar-refractivity contribution in [3.63, 3.8) is 0 Å². The molecule has 1 unspecified atom stereocenters. The number of hydrogen-bond donors (Lipinski definition) is 1. The van der Waals surface area contributed by atoms with Gasteiger partial charge in [0.2, 0.25) is 0 Å². The highest BCUT2D eigenvalue weighted by Crippen LogP contribution is 2.33. The fourth-order valence-corrected chi connectivity index (χ4v) is 2.41. The zero-order valence-corrected chi connectivity index (χ0v) is 11.2. The lowest BCUT2D eigenvalue weighted by Gasteiger charge is -2.27. The molecule has 0 spiro atoms. The second-order valence-electron chi connectivity index (χ2n) is 4.18. The van der Waals surface area contributed by atoms with Crippen LogP contribution in [0.4, 0.5) is 0 Å². The molecule has 3 heteroatoms. The van der Waals surface area contributed by atoms with Crippen LogP contribution in [0, 0.1) is 0 Å². The Hall–Kier alpha value is -0.540. The molecular formula is C13H18BrNO. The van der Waals surface area contributed by atoms with E-state index in [1.54, 1.807) is 0 Å². The van der Waals surface area contributed by atoms with Gasteiger partial charge >= 0.3 is 0 Å². The zero-order valence-electron chi connectivity index (χ0n) is 9.63. The average Bonchev–Trinajstić information content (AvgIpc) is 2.30. The van der Waals surface area contributed by atoms with E-state index in [0.29, 0.717) is 6.04 Å². The number of fused-ring (bicyclic) bond motifs is 1. The quantitative estimate of drug-likeness (QED) is 0.852. The van der Waals surface area contributed by atoms with E-state index in [1.807, 2.05) is 12.1 Å². The van der Waals surface area contributed by atoms with Gasteiger partial charge in [-0.3, -0.25) is 0 Å².